The maximum absolute atomic E-state index is 13.6. The smallest absolute Gasteiger partial charge is 0.419 e. The molecule has 1 saturated heterocycles. The third-order valence-corrected chi connectivity index (χ3v) is 8.77. The van der Waals surface area contributed by atoms with Crippen LogP contribution in [0.25, 0.3) is 11.1 Å². The first-order chi connectivity index (χ1) is 15.9. The van der Waals surface area contributed by atoms with Gasteiger partial charge in [0, 0.05) is 29.6 Å². The van der Waals surface area contributed by atoms with Crippen molar-refractivity contribution >= 4 is 50.2 Å². The number of nitrogens with one attached hydrogen (secondary N) is 2. The van der Waals surface area contributed by atoms with Gasteiger partial charge in [-0.15, -0.1) is 11.3 Å². The largest absolute Gasteiger partial charge is 0.485 e. The molecule has 1 aromatic heterocycles. The molecule has 2 N–H and O–H groups in total. The monoisotopic (exact) mass is 550 g/mol. The lowest BCUT2D eigenvalue weighted by Gasteiger charge is -2.27. The van der Waals surface area contributed by atoms with Crippen LogP contribution in [0.4, 0.5) is 18.9 Å². The van der Waals surface area contributed by atoms with E-state index < -0.39 is 33.1 Å². The van der Waals surface area contributed by atoms with Gasteiger partial charge in [0.05, 0.1) is 11.3 Å². The van der Waals surface area contributed by atoms with E-state index in [0.717, 1.165) is 29.5 Å². The Kier molecular flexibility index (Phi) is 6.82. The minimum Gasteiger partial charge on any atom is -0.485 e. The Hall–Kier alpha value is -1.98. The highest BCUT2D eigenvalue weighted by Crippen LogP contribution is 2.41. The van der Waals surface area contributed by atoms with Crippen molar-refractivity contribution in [2.45, 2.75) is 29.3 Å². The van der Waals surface area contributed by atoms with E-state index in [1.807, 2.05) is 0 Å². The molecule has 4 rings (SSSR count). The Balaban J connectivity index is 1.64. The van der Waals surface area contributed by atoms with Crippen LogP contribution in [0.3, 0.4) is 0 Å². The number of rotatable bonds is 6. The van der Waals surface area contributed by atoms with Gasteiger partial charge in [-0.3, -0.25) is 4.72 Å². The van der Waals surface area contributed by atoms with Crippen LogP contribution in [-0.2, 0) is 16.2 Å². The van der Waals surface area contributed by atoms with Gasteiger partial charge in [0.1, 0.15) is 19.9 Å². The van der Waals surface area contributed by atoms with Gasteiger partial charge in [0.2, 0.25) is 0 Å². The van der Waals surface area contributed by atoms with E-state index in [4.69, 9.17) is 27.9 Å². The highest BCUT2D eigenvalue weighted by Gasteiger charge is 2.38. The molecule has 0 aliphatic carbocycles. The average molecular weight is 551 g/mol. The number of halogens is 5. The second kappa shape index (κ2) is 9.23. The first-order valence-corrected chi connectivity index (χ1v) is 13.1. The van der Waals surface area contributed by atoms with E-state index in [0.29, 0.717) is 35.7 Å². The van der Waals surface area contributed by atoms with Crippen molar-refractivity contribution in [2.24, 2.45) is 0 Å². The highest BCUT2D eigenvalue weighted by molar-refractivity contribution is 7.94. The minimum absolute atomic E-state index is 0.0601. The molecule has 12 heteroatoms. The number of hydrogen-bond acceptors (Lipinski definition) is 5. The van der Waals surface area contributed by atoms with Crippen molar-refractivity contribution in [3.05, 3.63) is 63.5 Å². The molecule has 1 aliphatic rings. The molecular formula is C22H19Cl2F3N2O3S2. The van der Waals surface area contributed by atoms with Crippen LogP contribution < -0.4 is 14.8 Å². The van der Waals surface area contributed by atoms with E-state index in [1.165, 1.54) is 6.07 Å². The summed E-state index contributed by atoms with van der Waals surface area (Å²) in [6, 6.07) is 11.0. The Bertz CT molecular complexity index is 1300. The fraction of sp³-hybridized carbons (Fsp3) is 0.273. The van der Waals surface area contributed by atoms with Gasteiger partial charge in [0.25, 0.3) is 10.0 Å². The molecule has 1 fully saturated rings. The molecule has 34 heavy (non-hydrogen) atoms. The predicted molar refractivity (Wildman–Crippen MR) is 129 cm³/mol. The van der Waals surface area contributed by atoms with Gasteiger partial charge in [0.15, 0.2) is 0 Å². The fourth-order valence-electron chi connectivity index (χ4n) is 3.56. The van der Waals surface area contributed by atoms with Crippen LogP contribution in [0, 0.1) is 0 Å². The van der Waals surface area contributed by atoms with E-state index >= 15 is 0 Å². The molecule has 1 atom stereocenters. The lowest BCUT2D eigenvalue weighted by atomic mass is 10.1. The first kappa shape index (κ1) is 25.1. The quantitative estimate of drug-likeness (QED) is 0.359. The Morgan fingerprint density at radius 3 is 2.44 bits per heavy atom. The molecule has 0 amide bonds. The maximum atomic E-state index is 13.6. The molecule has 182 valence electrons. The van der Waals surface area contributed by atoms with Crippen LogP contribution in [-0.4, -0.2) is 27.1 Å². The Labute approximate surface area is 208 Å². The number of ether oxygens (including phenoxy) is 1. The van der Waals surface area contributed by atoms with E-state index in [-0.39, 0.29) is 14.2 Å². The van der Waals surface area contributed by atoms with Gasteiger partial charge in [-0.25, -0.2) is 8.42 Å². The second-order valence-electron chi connectivity index (χ2n) is 8.05. The molecule has 5 nitrogen and oxygen atoms in total. The van der Waals surface area contributed by atoms with Crippen molar-refractivity contribution in [3.8, 4) is 16.9 Å². The lowest BCUT2D eigenvalue weighted by Crippen LogP contribution is -2.35. The van der Waals surface area contributed by atoms with Crippen molar-refractivity contribution in [3.63, 3.8) is 0 Å². The molecule has 0 saturated carbocycles. The summed E-state index contributed by atoms with van der Waals surface area (Å²) in [5.74, 6) is -0.440. The summed E-state index contributed by atoms with van der Waals surface area (Å²) in [5, 5.41) is 3.57. The van der Waals surface area contributed by atoms with Crippen LogP contribution in [0.2, 0.25) is 9.36 Å². The summed E-state index contributed by atoms with van der Waals surface area (Å²) >= 11 is 13.0. The lowest BCUT2D eigenvalue weighted by molar-refractivity contribution is -0.139. The average Bonchev–Trinajstić information content (AvgIpc) is 3.34. The molecular weight excluding hydrogens is 532 g/mol. The number of benzene rings is 2. The third kappa shape index (κ3) is 5.46. The normalized spacial score (nSPS) is 18.8. The minimum atomic E-state index is -4.66. The van der Waals surface area contributed by atoms with Crippen molar-refractivity contribution in [1.29, 1.82) is 0 Å². The Morgan fingerprint density at radius 1 is 1.12 bits per heavy atom. The standard InChI is InChI=1S/C22H19Cl2F3N2O3S2/c1-21(8-9-28-12-21)32-18-10-15(6-7-17(18)22(25,26)27)29-34(30,31)19-11-16(20(24)33-19)13-2-4-14(23)5-3-13/h2-7,10-11,28-29H,8-9,12H2,1H3/t21-/m1/s1. The Morgan fingerprint density at radius 2 is 1.82 bits per heavy atom. The van der Waals surface area contributed by atoms with Crippen molar-refractivity contribution in [2.75, 3.05) is 17.8 Å². The highest BCUT2D eigenvalue weighted by atomic mass is 35.5. The molecule has 1 aliphatic heterocycles. The number of hydrogen-bond donors (Lipinski definition) is 2. The van der Waals surface area contributed by atoms with E-state index in [9.17, 15) is 21.6 Å². The summed E-state index contributed by atoms with van der Waals surface area (Å²) in [6.45, 7) is 2.69. The topological polar surface area (TPSA) is 67.4 Å². The summed E-state index contributed by atoms with van der Waals surface area (Å²) in [4.78, 5) is 0. The zero-order valence-electron chi connectivity index (χ0n) is 17.7. The summed E-state index contributed by atoms with van der Waals surface area (Å²) in [7, 11) is -4.13. The summed E-state index contributed by atoms with van der Waals surface area (Å²) in [6.07, 6.45) is -4.15. The molecule has 0 spiro atoms. The number of anilines is 1. The molecule has 3 aromatic rings. The maximum Gasteiger partial charge on any atom is 0.419 e. The van der Waals surface area contributed by atoms with Crippen LogP contribution in [0.15, 0.2) is 52.7 Å². The van der Waals surface area contributed by atoms with Crippen molar-refractivity contribution < 1.29 is 26.3 Å². The third-order valence-electron chi connectivity index (χ3n) is 5.31. The fourth-order valence-corrected chi connectivity index (χ4v) is 6.50. The number of thiophene rings is 1. The van der Waals surface area contributed by atoms with Gasteiger partial charge in [-0.05, 0) is 49.4 Å². The van der Waals surface area contributed by atoms with Gasteiger partial charge in [-0.2, -0.15) is 13.2 Å². The molecule has 0 unspecified atom stereocenters. The molecule has 2 heterocycles. The summed E-state index contributed by atoms with van der Waals surface area (Å²) in [5.41, 5.74) is -0.702. The van der Waals surface area contributed by atoms with Gasteiger partial charge >= 0.3 is 6.18 Å². The zero-order chi connectivity index (χ0) is 24.7. The van der Waals surface area contributed by atoms with E-state index in [1.54, 1.807) is 31.2 Å². The first-order valence-electron chi connectivity index (χ1n) is 10.1. The van der Waals surface area contributed by atoms with Crippen LogP contribution in [0.1, 0.15) is 18.9 Å². The number of alkyl halides is 3. The van der Waals surface area contributed by atoms with Crippen LogP contribution >= 0.6 is 34.5 Å². The van der Waals surface area contributed by atoms with Gasteiger partial charge < -0.3 is 10.1 Å². The molecule has 2 aromatic carbocycles. The van der Waals surface area contributed by atoms with E-state index in [2.05, 4.69) is 10.0 Å². The molecule has 0 radical (unpaired) electrons. The molecule has 0 bridgehead atoms. The SMILES string of the molecule is C[C@@]1(Oc2cc(NS(=O)(=O)c3cc(-c4ccc(Cl)cc4)c(Cl)s3)ccc2C(F)(F)F)CCNC1. The zero-order valence-corrected chi connectivity index (χ0v) is 20.8. The summed E-state index contributed by atoms with van der Waals surface area (Å²) < 4.78 is 74.9. The number of sulfonamides is 1. The predicted octanol–water partition coefficient (Wildman–Crippen LogP) is 6.67. The van der Waals surface area contributed by atoms with Gasteiger partial charge in [-0.1, -0.05) is 35.3 Å². The van der Waals surface area contributed by atoms with Crippen LogP contribution in [0.5, 0.6) is 5.75 Å². The van der Waals surface area contributed by atoms with Crippen molar-refractivity contribution in [1.82, 2.24) is 5.32 Å². The second-order valence-corrected chi connectivity index (χ2v) is 12.1.